The van der Waals surface area contributed by atoms with Gasteiger partial charge >= 0.3 is 0 Å². The minimum atomic E-state index is -0.0669. The van der Waals surface area contributed by atoms with E-state index in [1.807, 2.05) is 60.3 Å². The van der Waals surface area contributed by atoms with Crippen LogP contribution in [-0.2, 0) is 4.79 Å². The molecule has 1 aromatic heterocycles. The zero-order valence-electron chi connectivity index (χ0n) is 11.4. The average molecular weight is 288 g/mol. The van der Waals surface area contributed by atoms with Gasteiger partial charge in [0, 0.05) is 25.5 Å². The van der Waals surface area contributed by atoms with Crippen molar-refractivity contribution in [1.82, 2.24) is 0 Å². The molecule has 1 aliphatic rings. The molecule has 1 aromatic carbocycles. The third-order valence-corrected chi connectivity index (χ3v) is 4.47. The standard InChI is InChI=1S/C15H16N2O2S/c1-16(2)11-5-7-12(8-6-11)17-14(18)10-20-15(17)13-4-3-9-19-13/h3-9,15H,10H2,1-2H3. The van der Waals surface area contributed by atoms with Crippen LogP contribution in [0, 0.1) is 0 Å². The lowest BCUT2D eigenvalue weighted by atomic mass is 10.2. The average Bonchev–Trinajstić information content (AvgIpc) is 3.07. The van der Waals surface area contributed by atoms with Gasteiger partial charge in [0.25, 0.3) is 0 Å². The first-order valence-electron chi connectivity index (χ1n) is 6.41. The number of hydrogen-bond acceptors (Lipinski definition) is 4. The first-order chi connectivity index (χ1) is 9.66. The molecule has 0 N–H and O–H groups in total. The number of carbonyl (C=O) groups excluding carboxylic acids is 1. The zero-order valence-corrected chi connectivity index (χ0v) is 12.3. The maximum absolute atomic E-state index is 12.2. The molecule has 1 aliphatic heterocycles. The lowest BCUT2D eigenvalue weighted by Crippen LogP contribution is -2.27. The summed E-state index contributed by atoms with van der Waals surface area (Å²) in [5.74, 6) is 1.42. The monoisotopic (exact) mass is 288 g/mol. The lowest BCUT2D eigenvalue weighted by molar-refractivity contribution is -0.115. The van der Waals surface area contributed by atoms with Crippen LogP contribution in [-0.4, -0.2) is 25.8 Å². The van der Waals surface area contributed by atoms with Crippen molar-refractivity contribution < 1.29 is 9.21 Å². The number of rotatable bonds is 3. The van der Waals surface area contributed by atoms with Gasteiger partial charge in [0.15, 0.2) is 0 Å². The van der Waals surface area contributed by atoms with E-state index in [1.165, 1.54) is 0 Å². The van der Waals surface area contributed by atoms with Gasteiger partial charge in [-0.15, -0.1) is 11.8 Å². The van der Waals surface area contributed by atoms with Crippen LogP contribution >= 0.6 is 11.8 Å². The number of benzene rings is 1. The van der Waals surface area contributed by atoms with E-state index < -0.39 is 0 Å². The van der Waals surface area contributed by atoms with Gasteiger partial charge in [-0.1, -0.05) is 0 Å². The molecule has 104 valence electrons. The maximum Gasteiger partial charge on any atom is 0.238 e. The van der Waals surface area contributed by atoms with Crippen molar-refractivity contribution in [3.05, 3.63) is 48.4 Å². The summed E-state index contributed by atoms with van der Waals surface area (Å²) in [5, 5.41) is -0.0669. The Morgan fingerprint density at radius 3 is 2.60 bits per heavy atom. The van der Waals surface area contributed by atoms with Crippen molar-refractivity contribution in [3.63, 3.8) is 0 Å². The second kappa shape index (κ2) is 5.25. The number of anilines is 2. The second-order valence-electron chi connectivity index (χ2n) is 4.85. The number of hydrogen-bond donors (Lipinski definition) is 0. The summed E-state index contributed by atoms with van der Waals surface area (Å²) in [4.78, 5) is 16.0. The van der Waals surface area contributed by atoms with Crippen LogP contribution in [0.5, 0.6) is 0 Å². The molecule has 2 aromatic rings. The number of amides is 1. The summed E-state index contributed by atoms with van der Waals surface area (Å²) in [6, 6.07) is 11.8. The summed E-state index contributed by atoms with van der Waals surface area (Å²) in [6.45, 7) is 0. The summed E-state index contributed by atoms with van der Waals surface area (Å²) >= 11 is 1.59. The van der Waals surface area contributed by atoms with E-state index >= 15 is 0 Å². The first-order valence-corrected chi connectivity index (χ1v) is 7.46. The number of furan rings is 1. The Labute approximate surface area is 122 Å². The molecular formula is C15H16N2O2S. The molecule has 2 heterocycles. The maximum atomic E-state index is 12.2. The minimum Gasteiger partial charge on any atom is -0.466 e. The summed E-state index contributed by atoms with van der Waals surface area (Å²) < 4.78 is 5.46. The Morgan fingerprint density at radius 1 is 1.25 bits per heavy atom. The molecule has 20 heavy (non-hydrogen) atoms. The number of thioether (sulfide) groups is 1. The fourth-order valence-corrected chi connectivity index (χ4v) is 3.38. The van der Waals surface area contributed by atoms with Crippen LogP contribution in [0.1, 0.15) is 11.1 Å². The van der Waals surface area contributed by atoms with Gasteiger partial charge in [0.1, 0.15) is 11.1 Å². The first kappa shape index (κ1) is 13.1. The Hall–Kier alpha value is -1.88. The highest BCUT2D eigenvalue weighted by molar-refractivity contribution is 8.00. The molecule has 1 saturated heterocycles. The molecule has 0 spiro atoms. The molecule has 4 nitrogen and oxygen atoms in total. The Kier molecular flexibility index (Phi) is 3.44. The Bertz CT molecular complexity index is 593. The topological polar surface area (TPSA) is 36.7 Å². The molecule has 0 radical (unpaired) electrons. The fourth-order valence-electron chi connectivity index (χ4n) is 2.26. The highest BCUT2D eigenvalue weighted by Gasteiger charge is 2.35. The molecule has 5 heteroatoms. The second-order valence-corrected chi connectivity index (χ2v) is 5.92. The molecule has 0 saturated carbocycles. The smallest absolute Gasteiger partial charge is 0.238 e. The van der Waals surface area contributed by atoms with E-state index in [4.69, 9.17) is 4.42 Å². The van der Waals surface area contributed by atoms with Crippen LogP contribution < -0.4 is 9.80 Å². The fraction of sp³-hybridized carbons (Fsp3) is 0.267. The van der Waals surface area contributed by atoms with Crippen molar-refractivity contribution in [2.45, 2.75) is 5.37 Å². The van der Waals surface area contributed by atoms with E-state index in [2.05, 4.69) is 0 Å². The SMILES string of the molecule is CN(C)c1ccc(N2C(=O)CSC2c2ccco2)cc1. The van der Waals surface area contributed by atoms with Crippen molar-refractivity contribution >= 4 is 29.0 Å². The van der Waals surface area contributed by atoms with Crippen LogP contribution in [0.25, 0.3) is 0 Å². The van der Waals surface area contributed by atoms with E-state index in [9.17, 15) is 4.79 Å². The van der Waals surface area contributed by atoms with E-state index in [0.717, 1.165) is 17.1 Å². The normalized spacial score (nSPS) is 18.6. The molecule has 1 amide bonds. The number of carbonyl (C=O) groups is 1. The van der Waals surface area contributed by atoms with Gasteiger partial charge in [-0.3, -0.25) is 9.69 Å². The van der Waals surface area contributed by atoms with Gasteiger partial charge in [-0.2, -0.15) is 0 Å². The lowest BCUT2D eigenvalue weighted by Gasteiger charge is -2.23. The van der Waals surface area contributed by atoms with E-state index in [-0.39, 0.29) is 11.3 Å². The molecule has 1 atom stereocenters. The van der Waals surface area contributed by atoms with Gasteiger partial charge in [-0.05, 0) is 36.4 Å². The van der Waals surface area contributed by atoms with Crippen LogP contribution in [0.2, 0.25) is 0 Å². The number of nitrogens with zero attached hydrogens (tertiary/aromatic N) is 2. The van der Waals surface area contributed by atoms with Crippen molar-refractivity contribution in [3.8, 4) is 0 Å². The Balaban J connectivity index is 1.92. The van der Waals surface area contributed by atoms with Crippen molar-refractivity contribution in [2.75, 3.05) is 29.6 Å². The predicted octanol–water partition coefficient (Wildman–Crippen LogP) is 3.12. The third kappa shape index (κ3) is 2.29. The van der Waals surface area contributed by atoms with Gasteiger partial charge < -0.3 is 9.32 Å². The van der Waals surface area contributed by atoms with E-state index in [0.29, 0.717) is 5.75 Å². The predicted molar refractivity (Wildman–Crippen MR) is 82.2 cm³/mol. The Morgan fingerprint density at radius 2 is 2.00 bits per heavy atom. The minimum absolute atomic E-state index is 0.0669. The van der Waals surface area contributed by atoms with E-state index in [1.54, 1.807) is 18.0 Å². The van der Waals surface area contributed by atoms with Gasteiger partial charge in [-0.25, -0.2) is 0 Å². The molecular weight excluding hydrogens is 272 g/mol. The molecule has 3 rings (SSSR count). The van der Waals surface area contributed by atoms with Crippen LogP contribution in [0.15, 0.2) is 47.1 Å². The largest absolute Gasteiger partial charge is 0.466 e. The van der Waals surface area contributed by atoms with Crippen LogP contribution in [0.4, 0.5) is 11.4 Å². The molecule has 0 bridgehead atoms. The highest BCUT2D eigenvalue weighted by atomic mass is 32.2. The van der Waals surface area contributed by atoms with Crippen molar-refractivity contribution in [2.24, 2.45) is 0 Å². The molecule has 1 unspecified atom stereocenters. The quantitative estimate of drug-likeness (QED) is 0.869. The van der Waals surface area contributed by atoms with Crippen molar-refractivity contribution in [1.29, 1.82) is 0 Å². The van der Waals surface area contributed by atoms with Gasteiger partial charge in [0.05, 0.1) is 12.0 Å². The summed E-state index contributed by atoms with van der Waals surface area (Å²) in [6.07, 6.45) is 1.64. The molecule has 1 fully saturated rings. The van der Waals surface area contributed by atoms with Crippen LogP contribution in [0.3, 0.4) is 0 Å². The molecule has 0 aliphatic carbocycles. The third-order valence-electron chi connectivity index (χ3n) is 3.30. The summed E-state index contributed by atoms with van der Waals surface area (Å²) in [7, 11) is 4.00. The zero-order chi connectivity index (χ0) is 14.1. The highest BCUT2D eigenvalue weighted by Crippen LogP contribution is 2.42. The summed E-state index contributed by atoms with van der Waals surface area (Å²) in [5.41, 5.74) is 2.02. The van der Waals surface area contributed by atoms with Gasteiger partial charge in [0.2, 0.25) is 5.91 Å².